The van der Waals surface area contributed by atoms with Gasteiger partial charge in [0.15, 0.2) is 0 Å². The third-order valence-corrected chi connectivity index (χ3v) is 0. The number of hydrogen-bond acceptors (Lipinski definition) is 2. The monoisotopic (exact) mass is 182 g/mol. The van der Waals surface area contributed by atoms with Gasteiger partial charge in [0.05, 0.1) is 0 Å². The van der Waals surface area contributed by atoms with Crippen molar-refractivity contribution < 1.29 is 29.1 Å². The summed E-state index contributed by atoms with van der Waals surface area (Å²) in [4.78, 5) is 30.6. The molecule has 0 unspecified atom stereocenters. The molecule has 0 spiro atoms. The zero-order chi connectivity index (χ0) is 8.08. The van der Waals surface area contributed by atoms with Crippen LogP contribution in [-0.2, 0) is 9.36 Å². The Morgan fingerprint density at radius 1 is 1.30 bits per heavy atom. The molecule has 0 aromatic heterocycles. The molecule has 0 saturated carbocycles. The van der Waals surface area contributed by atoms with Gasteiger partial charge in [-0.1, -0.05) is 0 Å². The Hall–Kier alpha value is 0.580. The average Bonchev–Trinajstić information content (AvgIpc) is 1.19. The zero-order valence-corrected chi connectivity index (χ0v) is 5.45. The van der Waals surface area contributed by atoms with Gasteiger partial charge in [0, 0.05) is 6.92 Å². The molecule has 0 amide bonds. The molecule has 0 aliphatic rings. The first-order valence-electron chi connectivity index (χ1n) is 1.71. The summed E-state index contributed by atoms with van der Waals surface area (Å²) >= 11 is 0. The fourth-order valence-corrected chi connectivity index (χ4v) is 0. The van der Waals surface area contributed by atoms with Crippen molar-refractivity contribution in [1.29, 1.82) is 0 Å². The number of rotatable bonds is 0. The minimum absolute atomic E-state index is 0. The Morgan fingerprint density at radius 2 is 1.30 bits per heavy atom. The predicted octanol–water partition coefficient (Wildman–Crippen LogP) is -1.49. The van der Waals surface area contributed by atoms with Crippen molar-refractivity contribution in [3.05, 3.63) is 0 Å². The first-order valence-corrected chi connectivity index (χ1v) is 3.28. The van der Waals surface area contributed by atoms with Crippen LogP contribution in [0.2, 0.25) is 0 Å². The van der Waals surface area contributed by atoms with Gasteiger partial charge in [0.25, 0.3) is 5.97 Å². The van der Waals surface area contributed by atoms with Gasteiger partial charge in [-0.25, -0.2) is 4.57 Å². The molecule has 58 valence electrons. The normalized spacial score (nSPS) is 8.40. The summed E-state index contributed by atoms with van der Waals surface area (Å²) in [5.41, 5.74) is 0. The quantitative estimate of drug-likeness (QED) is 0.268. The van der Waals surface area contributed by atoms with Crippen molar-refractivity contribution in [1.82, 2.24) is 0 Å². The zero-order valence-electron chi connectivity index (χ0n) is 4.55. The third-order valence-electron chi connectivity index (χ3n) is 0. The van der Waals surface area contributed by atoms with Crippen LogP contribution in [0.4, 0.5) is 0 Å². The SMILES string of the molecule is CC(=O)O.O=P(O)(O)O.[NaH]. The summed E-state index contributed by atoms with van der Waals surface area (Å²) in [6.07, 6.45) is 0. The van der Waals surface area contributed by atoms with Gasteiger partial charge in [0.1, 0.15) is 0 Å². The van der Waals surface area contributed by atoms with E-state index >= 15 is 0 Å². The maximum atomic E-state index is 9.00. The van der Waals surface area contributed by atoms with E-state index in [2.05, 4.69) is 0 Å². The van der Waals surface area contributed by atoms with E-state index in [1.54, 1.807) is 0 Å². The van der Waals surface area contributed by atoms with Gasteiger partial charge in [-0.15, -0.1) is 0 Å². The van der Waals surface area contributed by atoms with Crippen LogP contribution in [0.3, 0.4) is 0 Å². The topological polar surface area (TPSA) is 115 Å². The van der Waals surface area contributed by atoms with Crippen LogP contribution >= 0.6 is 7.82 Å². The second-order valence-corrected chi connectivity index (χ2v) is 2.06. The first-order chi connectivity index (χ1) is 3.73. The van der Waals surface area contributed by atoms with Crippen LogP contribution in [0.15, 0.2) is 0 Å². The number of phosphoric acid groups is 1. The fourth-order valence-electron chi connectivity index (χ4n) is 0. The molecule has 0 bridgehead atoms. The number of aliphatic carboxylic acids is 1. The molecule has 6 nitrogen and oxygen atoms in total. The number of carboxylic acids is 1. The number of carbonyl (C=O) groups is 1. The van der Waals surface area contributed by atoms with Gasteiger partial charge < -0.3 is 19.8 Å². The molecular weight excluding hydrogens is 174 g/mol. The van der Waals surface area contributed by atoms with Crippen LogP contribution in [0.25, 0.3) is 0 Å². The van der Waals surface area contributed by atoms with Gasteiger partial charge >= 0.3 is 37.4 Å². The molecular formula is C2H8NaO6P. The first kappa shape index (κ1) is 16.9. The molecule has 0 aromatic carbocycles. The minimum atomic E-state index is -4.64. The van der Waals surface area contributed by atoms with Gasteiger partial charge in [-0.05, 0) is 0 Å². The summed E-state index contributed by atoms with van der Waals surface area (Å²) in [7, 11) is -4.64. The Bertz CT molecular complexity index is 115. The molecule has 8 heteroatoms. The van der Waals surface area contributed by atoms with Crippen LogP contribution < -0.4 is 0 Å². The van der Waals surface area contributed by atoms with Gasteiger partial charge in [-0.3, -0.25) is 4.79 Å². The van der Waals surface area contributed by atoms with Crippen LogP contribution in [0, 0.1) is 0 Å². The van der Waals surface area contributed by atoms with E-state index < -0.39 is 13.8 Å². The Kier molecular flexibility index (Phi) is 13.0. The Morgan fingerprint density at radius 3 is 1.30 bits per heavy atom. The van der Waals surface area contributed by atoms with Crippen molar-refractivity contribution in [3.63, 3.8) is 0 Å². The second kappa shape index (κ2) is 7.68. The van der Waals surface area contributed by atoms with Crippen molar-refractivity contribution >= 4 is 43.3 Å². The molecule has 0 saturated heterocycles. The molecule has 0 fully saturated rings. The van der Waals surface area contributed by atoms with E-state index in [9.17, 15) is 0 Å². The summed E-state index contributed by atoms with van der Waals surface area (Å²) in [6, 6.07) is 0. The molecule has 0 heterocycles. The van der Waals surface area contributed by atoms with E-state index in [-0.39, 0.29) is 29.6 Å². The van der Waals surface area contributed by atoms with Crippen LogP contribution in [0.5, 0.6) is 0 Å². The second-order valence-electron chi connectivity index (χ2n) is 1.03. The molecule has 10 heavy (non-hydrogen) atoms. The standard InChI is InChI=1S/C2H4O2.Na.H3O4P.H/c1-2(3)4;;1-5(2,3)4;/h1H3,(H,3,4);;(H3,1,2,3,4);. The Labute approximate surface area is 79.4 Å². The summed E-state index contributed by atoms with van der Waals surface area (Å²) in [5.74, 6) is -0.833. The van der Waals surface area contributed by atoms with Crippen LogP contribution in [0.1, 0.15) is 6.92 Å². The molecule has 0 aromatic rings. The fraction of sp³-hybridized carbons (Fsp3) is 0.500. The summed E-state index contributed by atoms with van der Waals surface area (Å²) in [5, 5.41) is 7.42. The van der Waals surface area contributed by atoms with E-state index in [4.69, 9.17) is 29.1 Å². The molecule has 4 N–H and O–H groups in total. The van der Waals surface area contributed by atoms with Crippen molar-refractivity contribution in [2.75, 3.05) is 0 Å². The molecule has 0 rings (SSSR count). The molecule has 0 aliphatic heterocycles. The van der Waals surface area contributed by atoms with Crippen molar-refractivity contribution in [3.8, 4) is 0 Å². The third kappa shape index (κ3) is 1470. The van der Waals surface area contributed by atoms with Crippen molar-refractivity contribution in [2.24, 2.45) is 0 Å². The summed E-state index contributed by atoms with van der Waals surface area (Å²) in [6.45, 7) is 1.08. The molecule has 0 radical (unpaired) electrons. The predicted molar refractivity (Wildman–Crippen MR) is 34.7 cm³/mol. The van der Waals surface area contributed by atoms with Crippen LogP contribution in [-0.4, -0.2) is 55.3 Å². The number of hydrogen-bond donors (Lipinski definition) is 4. The molecule has 0 atom stereocenters. The van der Waals surface area contributed by atoms with Crippen molar-refractivity contribution in [2.45, 2.75) is 6.92 Å². The van der Waals surface area contributed by atoms with Gasteiger partial charge in [0.2, 0.25) is 0 Å². The average molecular weight is 182 g/mol. The summed E-state index contributed by atoms with van der Waals surface area (Å²) < 4.78 is 8.88. The number of carboxylic acid groups (broad SMARTS) is 1. The van der Waals surface area contributed by atoms with E-state index in [1.807, 2.05) is 0 Å². The van der Waals surface area contributed by atoms with E-state index in [0.29, 0.717) is 0 Å². The van der Waals surface area contributed by atoms with E-state index in [1.165, 1.54) is 0 Å². The Balaban J connectivity index is -0.0000000910. The van der Waals surface area contributed by atoms with E-state index in [0.717, 1.165) is 6.92 Å². The molecule has 0 aliphatic carbocycles. The van der Waals surface area contributed by atoms with Gasteiger partial charge in [-0.2, -0.15) is 0 Å². The maximum absolute atomic E-state index is 9.00.